The molecule has 1 aromatic carbocycles. The van der Waals surface area contributed by atoms with Crippen molar-refractivity contribution < 1.29 is 13.2 Å². The Morgan fingerprint density at radius 1 is 1.32 bits per heavy atom. The molecule has 1 aromatic heterocycles. The van der Waals surface area contributed by atoms with E-state index in [0.717, 1.165) is 24.2 Å². The van der Waals surface area contributed by atoms with Crippen LogP contribution in [0.1, 0.15) is 35.0 Å². The summed E-state index contributed by atoms with van der Waals surface area (Å²) in [6.07, 6.45) is 2.78. The molecule has 0 radical (unpaired) electrons. The quantitative estimate of drug-likeness (QED) is 0.845. The maximum absolute atomic E-state index is 12.4. The number of rotatable bonds is 6. The molecule has 2 aromatic rings. The number of nitrogens with zero attached hydrogens (tertiary/aromatic N) is 3. The molecule has 0 unspecified atom stereocenters. The number of carbonyl (C=O) groups excluding carboxylic acids is 1. The maximum Gasteiger partial charge on any atom is 0.251 e. The van der Waals surface area contributed by atoms with Crippen LogP contribution in [0.3, 0.4) is 0 Å². The average Bonchev–Trinajstić information content (AvgIpc) is 2.91. The van der Waals surface area contributed by atoms with Crippen LogP contribution >= 0.6 is 0 Å². The second-order valence-electron chi connectivity index (χ2n) is 6.06. The molecule has 25 heavy (non-hydrogen) atoms. The number of carbonyl (C=O) groups is 1. The molecule has 0 saturated carbocycles. The van der Waals surface area contributed by atoms with Crippen molar-refractivity contribution in [1.29, 1.82) is 0 Å². The molecular weight excluding hydrogens is 340 g/mol. The molecule has 0 aliphatic carbocycles. The topological polar surface area (TPSA) is 84.3 Å². The Kier molecular flexibility index (Phi) is 4.91. The van der Waals surface area contributed by atoms with Gasteiger partial charge in [0.25, 0.3) is 5.91 Å². The first-order chi connectivity index (χ1) is 11.9. The maximum atomic E-state index is 12.4. The van der Waals surface area contributed by atoms with E-state index in [-0.39, 0.29) is 10.8 Å². The van der Waals surface area contributed by atoms with E-state index in [4.69, 9.17) is 0 Å². The van der Waals surface area contributed by atoms with E-state index >= 15 is 0 Å². The minimum absolute atomic E-state index is 0.162. The Labute approximate surface area is 147 Å². The van der Waals surface area contributed by atoms with Gasteiger partial charge >= 0.3 is 0 Å². The fraction of sp³-hybridized carbons (Fsp3) is 0.412. The zero-order valence-electron chi connectivity index (χ0n) is 14.4. The fourth-order valence-corrected chi connectivity index (χ4v) is 4.21. The van der Waals surface area contributed by atoms with Gasteiger partial charge in [0.2, 0.25) is 10.0 Å². The Morgan fingerprint density at radius 3 is 2.68 bits per heavy atom. The van der Waals surface area contributed by atoms with Gasteiger partial charge in [0.15, 0.2) is 0 Å². The number of aromatic nitrogens is 2. The third-order valence-corrected chi connectivity index (χ3v) is 6.26. The Balaban J connectivity index is 1.72. The molecule has 8 heteroatoms. The van der Waals surface area contributed by atoms with Crippen LogP contribution in [0.4, 0.5) is 0 Å². The van der Waals surface area contributed by atoms with Crippen LogP contribution < -0.4 is 5.32 Å². The molecule has 134 valence electrons. The van der Waals surface area contributed by atoms with Gasteiger partial charge in [-0.05, 0) is 38.5 Å². The summed E-state index contributed by atoms with van der Waals surface area (Å²) in [7, 11) is -3.49. The van der Waals surface area contributed by atoms with Gasteiger partial charge in [-0.15, -0.1) is 0 Å². The number of hydrogen-bond acceptors (Lipinski definition) is 4. The molecule has 1 N–H and O–H groups in total. The zero-order chi connectivity index (χ0) is 18.0. The molecule has 0 atom stereocenters. The summed E-state index contributed by atoms with van der Waals surface area (Å²) in [5, 5.41) is 7.17. The summed E-state index contributed by atoms with van der Waals surface area (Å²) in [4.78, 5) is 12.6. The highest BCUT2D eigenvalue weighted by atomic mass is 32.2. The zero-order valence-corrected chi connectivity index (χ0v) is 15.2. The number of hydrogen-bond donors (Lipinski definition) is 1. The van der Waals surface area contributed by atoms with Crippen molar-refractivity contribution >= 4 is 15.9 Å². The van der Waals surface area contributed by atoms with Crippen LogP contribution in [0.5, 0.6) is 0 Å². The van der Waals surface area contributed by atoms with Crippen molar-refractivity contribution in [2.24, 2.45) is 0 Å². The normalized spacial score (nSPS) is 15.0. The Hall–Kier alpha value is -2.19. The van der Waals surface area contributed by atoms with Crippen LogP contribution in [-0.2, 0) is 23.1 Å². The van der Waals surface area contributed by atoms with Gasteiger partial charge < -0.3 is 5.32 Å². The summed E-state index contributed by atoms with van der Waals surface area (Å²) < 4.78 is 28.1. The molecule has 7 nitrogen and oxygen atoms in total. The van der Waals surface area contributed by atoms with Gasteiger partial charge in [-0.2, -0.15) is 9.40 Å². The minimum Gasteiger partial charge on any atom is -0.348 e. The monoisotopic (exact) mass is 362 g/mol. The largest absolute Gasteiger partial charge is 0.348 e. The Morgan fingerprint density at radius 2 is 2.08 bits per heavy atom. The van der Waals surface area contributed by atoms with Crippen molar-refractivity contribution in [3.63, 3.8) is 0 Å². The number of sulfonamides is 1. The number of amides is 1. The van der Waals surface area contributed by atoms with E-state index in [2.05, 4.69) is 10.4 Å². The van der Waals surface area contributed by atoms with Gasteiger partial charge in [0.05, 0.1) is 10.6 Å². The number of nitrogens with one attached hydrogen (secondary N) is 1. The third-order valence-electron chi connectivity index (χ3n) is 4.36. The van der Waals surface area contributed by atoms with Crippen molar-refractivity contribution in [2.75, 3.05) is 13.1 Å². The van der Waals surface area contributed by atoms with E-state index in [1.165, 1.54) is 16.4 Å². The molecular formula is C17H22N4O3S. The summed E-state index contributed by atoms with van der Waals surface area (Å²) in [5.74, 6) is -0.302. The van der Waals surface area contributed by atoms with Gasteiger partial charge in [-0.3, -0.25) is 9.48 Å². The first-order valence-electron chi connectivity index (χ1n) is 8.33. The molecule has 0 bridgehead atoms. The molecule has 1 saturated heterocycles. The van der Waals surface area contributed by atoms with Gasteiger partial charge in [0, 0.05) is 43.5 Å². The lowest BCUT2D eigenvalue weighted by Crippen LogP contribution is -2.41. The first kappa shape index (κ1) is 17.6. The smallest absolute Gasteiger partial charge is 0.251 e. The van der Waals surface area contributed by atoms with E-state index in [9.17, 15) is 13.2 Å². The van der Waals surface area contributed by atoms with Crippen LogP contribution in [0, 0.1) is 6.92 Å². The molecule has 2 heterocycles. The lowest BCUT2D eigenvalue weighted by Gasteiger charge is -2.29. The van der Waals surface area contributed by atoms with Gasteiger partial charge in [-0.25, -0.2) is 8.42 Å². The molecule has 1 aliphatic heterocycles. The molecule has 1 aliphatic rings. The average molecular weight is 362 g/mol. The number of aryl methyl sites for hydroxylation is 2. The highest BCUT2D eigenvalue weighted by molar-refractivity contribution is 7.89. The van der Waals surface area contributed by atoms with Crippen molar-refractivity contribution in [3.8, 4) is 0 Å². The van der Waals surface area contributed by atoms with Crippen molar-refractivity contribution in [2.45, 2.75) is 38.3 Å². The SMILES string of the molecule is CCn1cc(CNC(=O)c2cccc(S(=O)(=O)N3CCC3)c2)c(C)n1. The summed E-state index contributed by atoms with van der Waals surface area (Å²) in [5.41, 5.74) is 2.15. The predicted molar refractivity (Wildman–Crippen MR) is 93.6 cm³/mol. The van der Waals surface area contributed by atoms with Crippen molar-refractivity contribution in [1.82, 2.24) is 19.4 Å². The highest BCUT2D eigenvalue weighted by Gasteiger charge is 2.29. The predicted octanol–water partition coefficient (Wildman–Crippen LogP) is 1.54. The van der Waals surface area contributed by atoms with Crippen LogP contribution in [-0.4, -0.2) is 41.5 Å². The standard InChI is InChI=1S/C17H22N4O3S/c1-3-20-12-15(13(2)19-20)11-18-17(22)14-6-4-7-16(10-14)25(23,24)21-8-5-9-21/h4,6-7,10,12H,3,5,8-9,11H2,1-2H3,(H,18,22). The molecule has 1 amide bonds. The van der Waals surface area contributed by atoms with E-state index in [1.807, 2.05) is 24.7 Å². The van der Waals surface area contributed by atoms with Crippen LogP contribution in [0.25, 0.3) is 0 Å². The first-order valence-corrected chi connectivity index (χ1v) is 9.77. The second-order valence-corrected chi connectivity index (χ2v) is 8.00. The van der Waals surface area contributed by atoms with Crippen LogP contribution in [0.15, 0.2) is 35.4 Å². The molecule has 3 rings (SSSR count). The lowest BCUT2D eigenvalue weighted by molar-refractivity contribution is 0.0950. The third kappa shape index (κ3) is 3.59. The summed E-state index contributed by atoms with van der Waals surface area (Å²) in [6, 6.07) is 6.18. The summed E-state index contributed by atoms with van der Waals surface area (Å²) >= 11 is 0. The van der Waals surface area contributed by atoms with Crippen LogP contribution in [0.2, 0.25) is 0 Å². The fourth-order valence-electron chi connectivity index (χ4n) is 2.65. The Bertz CT molecular complexity index is 885. The molecule has 0 spiro atoms. The summed E-state index contributed by atoms with van der Waals surface area (Å²) in [6.45, 7) is 6.10. The number of benzene rings is 1. The second kappa shape index (κ2) is 6.97. The van der Waals surface area contributed by atoms with Crippen molar-refractivity contribution in [3.05, 3.63) is 47.3 Å². The van der Waals surface area contributed by atoms with E-state index in [0.29, 0.717) is 25.2 Å². The van der Waals surface area contributed by atoms with E-state index < -0.39 is 10.0 Å². The lowest BCUT2D eigenvalue weighted by atomic mass is 10.2. The highest BCUT2D eigenvalue weighted by Crippen LogP contribution is 2.21. The van der Waals surface area contributed by atoms with Gasteiger partial charge in [0.1, 0.15) is 0 Å². The van der Waals surface area contributed by atoms with E-state index in [1.54, 1.807) is 12.1 Å². The minimum atomic E-state index is -3.49. The molecule has 1 fully saturated rings. The van der Waals surface area contributed by atoms with Gasteiger partial charge in [-0.1, -0.05) is 6.07 Å².